The summed E-state index contributed by atoms with van der Waals surface area (Å²) in [5.41, 5.74) is 2.54. The molecule has 0 atom stereocenters. The number of rotatable bonds is 8. The van der Waals surface area contributed by atoms with Crippen LogP contribution in [-0.2, 0) is 11.3 Å². The third-order valence-electron chi connectivity index (χ3n) is 4.93. The number of amides is 1. The second kappa shape index (κ2) is 9.63. The van der Waals surface area contributed by atoms with Gasteiger partial charge in [-0.15, -0.1) is 0 Å². The summed E-state index contributed by atoms with van der Waals surface area (Å²) in [6.07, 6.45) is 0.990. The van der Waals surface area contributed by atoms with E-state index in [0.29, 0.717) is 6.54 Å². The maximum absolute atomic E-state index is 11.9. The van der Waals surface area contributed by atoms with Crippen LogP contribution >= 0.6 is 0 Å². The van der Waals surface area contributed by atoms with E-state index < -0.39 is 0 Å². The minimum absolute atomic E-state index is 0.177. The quantitative estimate of drug-likeness (QED) is 0.553. The van der Waals surface area contributed by atoms with Crippen LogP contribution in [-0.4, -0.2) is 59.4 Å². The van der Waals surface area contributed by atoms with Gasteiger partial charge in [0, 0.05) is 12.1 Å². The normalized spacial score (nSPS) is 20.2. The van der Waals surface area contributed by atoms with Crippen molar-refractivity contribution in [3.63, 3.8) is 0 Å². The monoisotopic (exact) mass is 351 g/mol. The highest BCUT2D eigenvalue weighted by atomic mass is 16.5. The Labute approximate surface area is 151 Å². The molecule has 3 N–H and O–H groups in total. The predicted octanol–water partition coefficient (Wildman–Crippen LogP) is -1.18. The number of nitrogens with one attached hydrogen (secondary N) is 3. The molecule has 25 heavy (non-hydrogen) atoms. The van der Waals surface area contributed by atoms with Crippen LogP contribution in [0.4, 0.5) is 0 Å². The van der Waals surface area contributed by atoms with Crippen molar-refractivity contribution < 1.29 is 24.1 Å². The molecule has 1 saturated heterocycles. The van der Waals surface area contributed by atoms with Crippen molar-refractivity contribution in [2.45, 2.75) is 26.8 Å². The molecule has 0 aliphatic carbocycles. The second-order valence-corrected chi connectivity index (χ2v) is 6.84. The van der Waals surface area contributed by atoms with Crippen LogP contribution in [0.3, 0.4) is 0 Å². The first-order valence-corrected chi connectivity index (χ1v) is 9.22. The third kappa shape index (κ3) is 5.61. The van der Waals surface area contributed by atoms with E-state index in [4.69, 9.17) is 9.47 Å². The van der Waals surface area contributed by atoms with E-state index in [1.807, 2.05) is 6.07 Å². The highest BCUT2D eigenvalue weighted by molar-refractivity contribution is 5.76. The molecule has 1 amide bonds. The smallest absolute Gasteiger partial charge is 0.275 e. The molecule has 0 spiro atoms. The van der Waals surface area contributed by atoms with Crippen molar-refractivity contribution in [2.24, 2.45) is 0 Å². The average Bonchev–Trinajstić information content (AvgIpc) is 2.62. The molecule has 0 saturated carbocycles. The molecule has 1 aromatic carbocycles. The fraction of sp³-hybridized carbons (Fsp3) is 0.632. The van der Waals surface area contributed by atoms with Crippen molar-refractivity contribution in [1.82, 2.24) is 5.32 Å². The Morgan fingerprint density at radius 3 is 2.28 bits per heavy atom. The number of aryl methyl sites for hydroxylation is 1. The topological polar surface area (TPSA) is 56.4 Å². The minimum Gasteiger partial charge on any atom is -0.493 e. The van der Waals surface area contributed by atoms with Crippen molar-refractivity contribution in [2.75, 3.05) is 53.5 Å². The van der Waals surface area contributed by atoms with Crippen LogP contribution in [0.5, 0.6) is 11.5 Å². The van der Waals surface area contributed by atoms with E-state index in [-0.39, 0.29) is 5.91 Å². The van der Waals surface area contributed by atoms with Gasteiger partial charge in [0.2, 0.25) is 0 Å². The van der Waals surface area contributed by atoms with Crippen molar-refractivity contribution in [1.29, 1.82) is 0 Å². The molecule has 1 aromatic rings. The number of piperazine rings is 1. The Hall–Kier alpha value is -1.79. The van der Waals surface area contributed by atoms with Crippen molar-refractivity contribution >= 4 is 5.91 Å². The van der Waals surface area contributed by atoms with Crippen LogP contribution in [0.25, 0.3) is 0 Å². The number of methoxy groups -OCH3 is 2. The zero-order valence-corrected chi connectivity index (χ0v) is 16.0. The Bertz CT molecular complexity index is 569. The molecule has 1 aliphatic heterocycles. The first-order valence-electron chi connectivity index (χ1n) is 9.22. The highest BCUT2D eigenvalue weighted by Crippen LogP contribution is 2.29. The summed E-state index contributed by atoms with van der Waals surface area (Å²) < 4.78 is 10.8. The number of carbonyl (C=O) groups excluding carboxylic acids is 1. The van der Waals surface area contributed by atoms with Gasteiger partial charge in [0.05, 0.1) is 14.2 Å². The molecule has 6 heteroatoms. The van der Waals surface area contributed by atoms with E-state index in [2.05, 4.69) is 25.2 Å². The molecule has 1 fully saturated rings. The standard InChI is InChI=1S/C19H31N3O3/c1-5-6-20-19(23)14-22-9-7-21(8-10-22)13-16-12-18(25-4)17(24-3)11-15(16)2/h11-12H,5-10,13-14H2,1-4H3,(H,20,23)/p+2. The minimum atomic E-state index is 0.177. The third-order valence-corrected chi connectivity index (χ3v) is 4.93. The summed E-state index contributed by atoms with van der Waals surface area (Å²) in [5, 5.41) is 2.97. The fourth-order valence-corrected chi connectivity index (χ4v) is 3.35. The summed E-state index contributed by atoms with van der Waals surface area (Å²) in [6.45, 7) is 10.8. The molecular formula is C19H33N3O3+2. The zero-order valence-electron chi connectivity index (χ0n) is 16.0. The Morgan fingerprint density at radius 2 is 1.68 bits per heavy atom. The molecule has 1 aliphatic rings. The summed E-state index contributed by atoms with van der Waals surface area (Å²) in [6, 6.07) is 4.14. The van der Waals surface area contributed by atoms with E-state index in [9.17, 15) is 4.79 Å². The van der Waals surface area contributed by atoms with Gasteiger partial charge in [0.1, 0.15) is 32.7 Å². The van der Waals surface area contributed by atoms with Gasteiger partial charge in [-0.1, -0.05) is 6.92 Å². The molecule has 0 radical (unpaired) electrons. The lowest BCUT2D eigenvalue weighted by molar-refractivity contribution is -1.02. The van der Waals surface area contributed by atoms with Gasteiger partial charge in [-0.3, -0.25) is 4.79 Å². The van der Waals surface area contributed by atoms with Crippen LogP contribution in [0.1, 0.15) is 24.5 Å². The first-order chi connectivity index (χ1) is 12.1. The van der Waals surface area contributed by atoms with Crippen molar-refractivity contribution in [3.8, 4) is 11.5 Å². The lowest BCUT2D eigenvalue weighted by atomic mass is 10.1. The predicted molar refractivity (Wildman–Crippen MR) is 97.5 cm³/mol. The number of carbonyl (C=O) groups is 1. The number of hydrogen-bond donors (Lipinski definition) is 3. The number of ether oxygens (including phenoxy) is 2. The van der Waals surface area contributed by atoms with Gasteiger partial charge in [0.15, 0.2) is 18.0 Å². The summed E-state index contributed by atoms with van der Waals surface area (Å²) in [5.74, 6) is 1.75. The Morgan fingerprint density at radius 1 is 1.08 bits per heavy atom. The molecule has 2 rings (SSSR count). The van der Waals surface area contributed by atoms with Crippen molar-refractivity contribution in [3.05, 3.63) is 23.3 Å². The lowest BCUT2D eigenvalue weighted by Gasteiger charge is -2.29. The van der Waals surface area contributed by atoms with Gasteiger partial charge in [-0.05, 0) is 31.0 Å². The fourth-order valence-electron chi connectivity index (χ4n) is 3.35. The van der Waals surface area contributed by atoms with Crippen LogP contribution in [0.15, 0.2) is 12.1 Å². The Kier molecular flexibility index (Phi) is 7.52. The van der Waals surface area contributed by atoms with E-state index in [1.54, 1.807) is 19.1 Å². The van der Waals surface area contributed by atoms with Gasteiger partial charge < -0.3 is 24.6 Å². The molecule has 6 nitrogen and oxygen atoms in total. The van der Waals surface area contributed by atoms with E-state index >= 15 is 0 Å². The molecule has 0 unspecified atom stereocenters. The maximum Gasteiger partial charge on any atom is 0.275 e. The van der Waals surface area contributed by atoms with Gasteiger partial charge >= 0.3 is 0 Å². The van der Waals surface area contributed by atoms with Gasteiger partial charge in [-0.25, -0.2) is 0 Å². The molecule has 0 aromatic heterocycles. The maximum atomic E-state index is 11.9. The van der Waals surface area contributed by atoms with Gasteiger partial charge in [0.25, 0.3) is 5.91 Å². The molecule has 0 bridgehead atoms. The summed E-state index contributed by atoms with van der Waals surface area (Å²) in [7, 11) is 3.34. The summed E-state index contributed by atoms with van der Waals surface area (Å²) in [4.78, 5) is 14.8. The number of quaternary nitrogens is 2. The van der Waals surface area contributed by atoms with Crippen LogP contribution in [0.2, 0.25) is 0 Å². The molecule has 1 heterocycles. The molecule has 140 valence electrons. The zero-order chi connectivity index (χ0) is 18.2. The largest absolute Gasteiger partial charge is 0.493 e. The second-order valence-electron chi connectivity index (χ2n) is 6.84. The lowest BCUT2D eigenvalue weighted by Crippen LogP contribution is -3.28. The van der Waals surface area contributed by atoms with E-state index in [1.165, 1.54) is 16.0 Å². The number of benzene rings is 1. The highest BCUT2D eigenvalue weighted by Gasteiger charge is 2.25. The van der Waals surface area contributed by atoms with Crippen LogP contribution in [0, 0.1) is 6.92 Å². The Balaban J connectivity index is 1.87. The average molecular weight is 351 g/mol. The summed E-state index contributed by atoms with van der Waals surface area (Å²) >= 11 is 0. The van der Waals surface area contributed by atoms with E-state index in [0.717, 1.165) is 57.2 Å². The first kappa shape index (κ1) is 19.5. The molecular weight excluding hydrogens is 318 g/mol. The number of hydrogen-bond acceptors (Lipinski definition) is 3. The van der Waals surface area contributed by atoms with Gasteiger partial charge in [-0.2, -0.15) is 0 Å². The van der Waals surface area contributed by atoms with Crippen LogP contribution < -0.4 is 24.6 Å². The SMILES string of the molecule is CCCNC(=O)C[NH+]1CC[NH+](Cc2cc(OC)c(OC)cc2C)CC1.